The molecule has 7 nitrogen and oxygen atoms in total. The Morgan fingerprint density at radius 2 is 1.45 bits per heavy atom. The summed E-state index contributed by atoms with van der Waals surface area (Å²) in [4.78, 5) is 13.8. The number of hydrogen-bond acceptors (Lipinski definition) is 4. The average Bonchev–Trinajstić information content (AvgIpc) is 3.32. The van der Waals surface area contributed by atoms with Crippen LogP contribution in [0.15, 0.2) is 0 Å². The second-order valence-electron chi connectivity index (χ2n) is 5.66. The number of nitrogens with one attached hydrogen (secondary N) is 1. The van der Waals surface area contributed by atoms with Gasteiger partial charge in [0.1, 0.15) is 0 Å². The van der Waals surface area contributed by atoms with E-state index < -0.39 is 10.2 Å². The minimum Gasteiger partial charge on any atom is -0.340 e. The molecular weight excluding hydrogens is 280 g/mol. The average molecular weight is 302 g/mol. The van der Waals surface area contributed by atoms with Gasteiger partial charge in [-0.3, -0.25) is 4.79 Å². The number of amides is 1. The van der Waals surface area contributed by atoms with Gasteiger partial charge in [0, 0.05) is 58.3 Å². The van der Waals surface area contributed by atoms with Gasteiger partial charge >= 0.3 is 0 Å². The third kappa shape index (κ3) is 2.83. The Kier molecular flexibility index (Phi) is 3.98. The van der Waals surface area contributed by atoms with Gasteiger partial charge in [-0.05, 0) is 12.8 Å². The van der Waals surface area contributed by atoms with E-state index in [0.717, 1.165) is 12.8 Å². The van der Waals surface area contributed by atoms with E-state index in [2.05, 4.69) is 5.32 Å². The first-order valence-corrected chi connectivity index (χ1v) is 8.73. The van der Waals surface area contributed by atoms with Crippen LogP contribution < -0.4 is 5.32 Å². The zero-order valence-corrected chi connectivity index (χ0v) is 12.4. The lowest BCUT2D eigenvalue weighted by Crippen LogP contribution is -2.57. The molecule has 0 aromatic carbocycles. The normalized spacial score (nSPS) is 26.7. The van der Waals surface area contributed by atoms with E-state index in [0.29, 0.717) is 52.4 Å². The summed E-state index contributed by atoms with van der Waals surface area (Å²) < 4.78 is 28.0. The van der Waals surface area contributed by atoms with E-state index in [1.165, 1.54) is 4.31 Å². The lowest BCUT2D eigenvalue weighted by Gasteiger charge is -2.37. The number of hydrogen-bond donors (Lipinski definition) is 1. The van der Waals surface area contributed by atoms with Gasteiger partial charge in [-0.1, -0.05) is 0 Å². The smallest absolute Gasteiger partial charge is 0.282 e. The highest BCUT2D eigenvalue weighted by Crippen LogP contribution is 2.31. The molecule has 3 fully saturated rings. The topological polar surface area (TPSA) is 73.0 Å². The molecule has 114 valence electrons. The Morgan fingerprint density at radius 1 is 0.900 bits per heavy atom. The number of piperazine rings is 2. The second kappa shape index (κ2) is 5.59. The molecule has 0 bridgehead atoms. The highest BCUT2D eigenvalue weighted by atomic mass is 32.2. The Balaban J connectivity index is 1.57. The fraction of sp³-hybridized carbons (Fsp3) is 0.917. The lowest BCUT2D eigenvalue weighted by atomic mass is 10.3. The lowest BCUT2D eigenvalue weighted by molar-refractivity contribution is -0.133. The molecule has 3 aliphatic rings. The number of carbonyl (C=O) groups is 1. The molecule has 3 rings (SSSR count). The van der Waals surface area contributed by atoms with Crippen molar-refractivity contribution in [1.29, 1.82) is 0 Å². The molecule has 0 aromatic rings. The van der Waals surface area contributed by atoms with E-state index in [1.54, 1.807) is 4.31 Å². The first kappa shape index (κ1) is 14.2. The van der Waals surface area contributed by atoms with Crippen molar-refractivity contribution in [3.8, 4) is 0 Å². The van der Waals surface area contributed by atoms with Crippen LogP contribution in [0.4, 0.5) is 0 Å². The van der Waals surface area contributed by atoms with Crippen LogP contribution in [0.25, 0.3) is 0 Å². The minimum atomic E-state index is -3.35. The molecule has 1 aliphatic carbocycles. The van der Waals surface area contributed by atoms with Gasteiger partial charge in [0.15, 0.2) is 0 Å². The molecular formula is C12H22N4O3S. The summed E-state index contributed by atoms with van der Waals surface area (Å²) in [5.41, 5.74) is 0. The van der Waals surface area contributed by atoms with Crippen LogP contribution in [-0.2, 0) is 15.0 Å². The standard InChI is InChI=1S/C12H22N4O3S/c17-12(11-1-2-11)14-7-9-16(10-8-14)20(18,19)15-5-3-13-4-6-15/h11,13H,1-10H2. The molecule has 1 N–H and O–H groups in total. The Labute approximate surface area is 120 Å². The second-order valence-corrected chi connectivity index (χ2v) is 7.58. The number of carbonyl (C=O) groups excluding carboxylic acids is 1. The monoisotopic (exact) mass is 302 g/mol. The maximum Gasteiger partial charge on any atom is 0.282 e. The Hall–Kier alpha value is -0.700. The van der Waals surface area contributed by atoms with Crippen LogP contribution in [-0.4, -0.2) is 80.2 Å². The molecule has 0 radical (unpaired) electrons. The summed E-state index contributed by atoms with van der Waals surface area (Å²) >= 11 is 0. The van der Waals surface area contributed by atoms with Gasteiger partial charge in [0.25, 0.3) is 10.2 Å². The van der Waals surface area contributed by atoms with E-state index in [-0.39, 0.29) is 11.8 Å². The van der Waals surface area contributed by atoms with Crippen molar-refractivity contribution < 1.29 is 13.2 Å². The van der Waals surface area contributed by atoms with Crippen molar-refractivity contribution in [2.75, 3.05) is 52.4 Å². The quantitative estimate of drug-likeness (QED) is 0.703. The van der Waals surface area contributed by atoms with Gasteiger partial charge in [0.05, 0.1) is 0 Å². The molecule has 1 amide bonds. The fourth-order valence-corrected chi connectivity index (χ4v) is 4.36. The van der Waals surface area contributed by atoms with E-state index in [9.17, 15) is 13.2 Å². The van der Waals surface area contributed by atoms with Crippen LogP contribution in [0.3, 0.4) is 0 Å². The molecule has 0 spiro atoms. The molecule has 1 saturated carbocycles. The summed E-state index contributed by atoms with van der Waals surface area (Å²) in [5, 5.41) is 3.15. The zero-order chi connectivity index (χ0) is 14.2. The van der Waals surface area contributed by atoms with Crippen LogP contribution in [0, 0.1) is 5.92 Å². The van der Waals surface area contributed by atoms with Gasteiger partial charge in [-0.2, -0.15) is 17.0 Å². The summed E-state index contributed by atoms with van der Waals surface area (Å²) in [6.07, 6.45) is 2.00. The van der Waals surface area contributed by atoms with Crippen LogP contribution in [0.5, 0.6) is 0 Å². The maximum atomic E-state index is 12.5. The highest BCUT2D eigenvalue weighted by molar-refractivity contribution is 7.86. The van der Waals surface area contributed by atoms with E-state index in [1.807, 2.05) is 4.90 Å². The molecule has 2 aliphatic heterocycles. The van der Waals surface area contributed by atoms with E-state index >= 15 is 0 Å². The highest BCUT2D eigenvalue weighted by Gasteiger charge is 2.37. The molecule has 2 heterocycles. The fourth-order valence-electron chi connectivity index (χ4n) is 2.77. The van der Waals surface area contributed by atoms with Crippen molar-refractivity contribution in [3.63, 3.8) is 0 Å². The third-order valence-corrected chi connectivity index (χ3v) is 6.24. The van der Waals surface area contributed by atoms with Crippen molar-refractivity contribution in [2.24, 2.45) is 5.92 Å². The van der Waals surface area contributed by atoms with Gasteiger partial charge in [-0.25, -0.2) is 0 Å². The summed E-state index contributed by atoms with van der Waals surface area (Å²) in [7, 11) is -3.35. The predicted molar refractivity (Wildman–Crippen MR) is 74.2 cm³/mol. The first-order valence-electron chi connectivity index (χ1n) is 7.34. The van der Waals surface area contributed by atoms with Gasteiger partial charge in [0.2, 0.25) is 5.91 Å². The molecule has 0 atom stereocenters. The number of nitrogens with zero attached hydrogens (tertiary/aromatic N) is 3. The molecule has 0 aromatic heterocycles. The number of rotatable bonds is 3. The SMILES string of the molecule is O=C(C1CC1)N1CCN(S(=O)(=O)N2CCNCC2)CC1. The van der Waals surface area contributed by atoms with Crippen molar-refractivity contribution >= 4 is 16.1 Å². The zero-order valence-electron chi connectivity index (χ0n) is 11.6. The largest absolute Gasteiger partial charge is 0.340 e. The molecule has 20 heavy (non-hydrogen) atoms. The molecule has 0 unspecified atom stereocenters. The van der Waals surface area contributed by atoms with Crippen LogP contribution in [0.2, 0.25) is 0 Å². The van der Waals surface area contributed by atoms with Crippen LogP contribution in [0.1, 0.15) is 12.8 Å². The summed E-state index contributed by atoms with van der Waals surface area (Å²) in [6, 6.07) is 0. The summed E-state index contributed by atoms with van der Waals surface area (Å²) in [5.74, 6) is 0.426. The van der Waals surface area contributed by atoms with Gasteiger partial charge in [-0.15, -0.1) is 0 Å². The van der Waals surface area contributed by atoms with Crippen molar-refractivity contribution in [3.05, 3.63) is 0 Å². The molecule has 2 saturated heterocycles. The van der Waals surface area contributed by atoms with Crippen molar-refractivity contribution in [1.82, 2.24) is 18.8 Å². The van der Waals surface area contributed by atoms with Crippen molar-refractivity contribution in [2.45, 2.75) is 12.8 Å². The minimum absolute atomic E-state index is 0.212. The first-order chi connectivity index (χ1) is 9.59. The third-order valence-electron chi connectivity index (χ3n) is 4.21. The van der Waals surface area contributed by atoms with Crippen LogP contribution >= 0.6 is 0 Å². The predicted octanol–water partition coefficient (Wildman–Crippen LogP) is -1.31. The van der Waals surface area contributed by atoms with E-state index in [4.69, 9.17) is 0 Å². The Bertz CT molecular complexity index is 463. The maximum absolute atomic E-state index is 12.5. The summed E-state index contributed by atoms with van der Waals surface area (Å²) in [6.45, 7) is 4.38. The Morgan fingerprint density at radius 3 is 2.00 bits per heavy atom. The van der Waals surface area contributed by atoms with Gasteiger partial charge < -0.3 is 10.2 Å². The molecule has 8 heteroatoms.